The molecule has 2 aliphatic heterocycles. The first kappa shape index (κ1) is 34.1. The minimum atomic E-state index is -1.72. The van der Waals surface area contributed by atoms with Gasteiger partial charge in [-0.3, -0.25) is 9.59 Å². The highest BCUT2D eigenvalue weighted by molar-refractivity contribution is 5.84. The molecule has 2 saturated heterocycles. The summed E-state index contributed by atoms with van der Waals surface area (Å²) in [5.74, 6) is -2.70. The standard InChI is InChI=1S/C29H54N2O8/c1-11-23-29(7,36)27(34)20(6)31(10)15-16(2)12-22(32)26(18(4)25(33)19(5)28(35)38-23)39-24-14-21(30(8)9)13-17(3)37-24/h16-21,23-27,33-34,36H,11-15H2,1-10H3/t16-,17-,18+,19-,20-,21+,23-,24+,25+,26-,27-,29-/m1/s1. The van der Waals surface area contributed by atoms with Crippen LogP contribution in [0.1, 0.15) is 74.1 Å². The molecule has 2 aliphatic rings. The number of nitrogens with zero attached hydrogens (tertiary/aromatic N) is 2. The molecule has 39 heavy (non-hydrogen) atoms. The molecule has 228 valence electrons. The van der Waals surface area contributed by atoms with Crippen LogP contribution in [0.4, 0.5) is 0 Å². The van der Waals surface area contributed by atoms with Gasteiger partial charge in [0.2, 0.25) is 0 Å². The Hall–Kier alpha value is -1.14. The van der Waals surface area contributed by atoms with E-state index in [9.17, 15) is 24.9 Å². The van der Waals surface area contributed by atoms with Crippen molar-refractivity contribution in [2.24, 2.45) is 17.8 Å². The van der Waals surface area contributed by atoms with Gasteiger partial charge in [-0.1, -0.05) is 20.8 Å². The lowest BCUT2D eigenvalue weighted by Crippen LogP contribution is -2.59. The van der Waals surface area contributed by atoms with E-state index in [2.05, 4.69) is 4.90 Å². The third kappa shape index (κ3) is 8.44. The number of aliphatic hydroxyl groups is 3. The van der Waals surface area contributed by atoms with Crippen LogP contribution >= 0.6 is 0 Å². The lowest BCUT2D eigenvalue weighted by Gasteiger charge is -2.41. The van der Waals surface area contributed by atoms with E-state index in [1.165, 1.54) is 6.92 Å². The molecule has 12 atom stereocenters. The molecule has 2 rings (SSSR count). The maximum Gasteiger partial charge on any atom is 0.311 e. The third-order valence-electron chi connectivity index (χ3n) is 8.88. The number of ether oxygens (including phenoxy) is 3. The number of carbonyl (C=O) groups excluding carboxylic acids is 2. The first-order chi connectivity index (χ1) is 18.0. The van der Waals surface area contributed by atoms with Crippen LogP contribution in [0.3, 0.4) is 0 Å². The maximum atomic E-state index is 13.7. The van der Waals surface area contributed by atoms with E-state index < -0.39 is 60.2 Å². The number of Topliss-reactive ketones (excluding diaryl/α,β-unsaturated/α-hetero) is 1. The summed E-state index contributed by atoms with van der Waals surface area (Å²) in [5, 5.41) is 33.7. The van der Waals surface area contributed by atoms with Crippen molar-refractivity contribution in [3.05, 3.63) is 0 Å². The van der Waals surface area contributed by atoms with E-state index in [1.54, 1.807) is 27.7 Å². The summed E-state index contributed by atoms with van der Waals surface area (Å²) in [7, 11) is 5.84. The predicted molar refractivity (Wildman–Crippen MR) is 148 cm³/mol. The summed E-state index contributed by atoms with van der Waals surface area (Å²) >= 11 is 0. The number of hydrogen-bond acceptors (Lipinski definition) is 10. The minimum Gasteiger partial charge on any atom is -0.459 e. The topological polar surface area (TPSA) is 129 Å². The molecule has 0 unspecified atom stereocenters. The molecule has 0 aromatic carbocycles. The lowest BCUT2D eigenvalue weighted by molar-refractivity contribution is -0.232. The van der Waals surface area contributed by atoms with Crippen LogP contribution in [-0.4, -0.2) is 119 Å². The quantitative estimate of drug-likeness (QED) is 0.440. The monoisotopic (exact) mass is 558 g/mol. The van der Waals surface area contributed by atoms with Gasteiger partial charge in [-0.2, -0.15) is 0 Å². The highest BCUT2D eigenvalue weighted by Gasteiger charge is 2.46. The Morgan fingerprint density at radius 3 is 2.28 bits per heavy atom. The average molecular weight is 559 g/mol. The molecule has 0 saturated carbocycles. The SMILES string of the molecule is CC[C@H]1OC(=O)[C@H](C)[C@@H](O)[C@H](C)[C@@H](O[C@H]2C[C@@H](N(C)C)C[C@@H](C)O2)C(=O)C[C@@H](C)CN(C)[C@H](C)[C@@H](O)[C@]1(C)O. The van der Waals surface area contributed by atoms with Crippen molar-refractivity contribution in [3.8, 4) is 0 Å². The summed E-state index contributed by atoms with van der Waals surface area (Å²) in [6.45, 7) is 12.7. The van der Waals surface area contributed by atoms with Crippen LogP contribution in [-0.2, 0) is 23.8 Å². The zero-order valence-electron chi connectivity index (χ0n) is 25.7. The highest BCUT2D eigenvalue weighted by atomic mass is 16.7. The van der Waals surface area contributed by atoms with Crippen molar-refractivity contribution in [2.45, 2.75) is 129 Å². The molecular weight excluding hydrogens is 504 g/mol. The summed E-state index contributed by atoms with van der Waals surface area (Å²) in [6, 6.07) is -0.256. The predicted octanol–water partition coefficient (Wildman–Crippen LogP) is 1.82. The molecule has 0 spiro atoms. The zero-order valence-corrected chi connectivity index (χ0v) is 25.7. The molecule has 0 amide bonds. The number of cyclic esters (lactones) is 1. The normalized spacial score (nSPS) is 44.5. The van der Waals surface area contributed by atoms with Gasteiger partial charge < -0.3 is 39.3 Å². The molecule has 10 heteroatoms. The van der Waals surface area contributed by atoms with E-state index in [0.29, 0.717) is 13.0 Å². The number of hydrogen-bond donors (Lipinski definition) is 3. The Kier molecular flexibility index (Phi) is 12.4. The Labute approximate surface area is 235 Å². The van der Waals surface area contributed by atoms with Crippen molar-refractivity contribution in [1.29, 1.82) is 0 Å². The number of aliphatic hydroxyl groups excluding tert-OH is 2. The summed E-state index contributed by atoms with van der Waals surface area (Å²) in [5.41, 5.74) is -1.72. The minimum absolute atomic E-state index is 0.0538. The third-order valence-corrected chi connectivity index (χ3v) is 8.88. The van der Waals surface area contributed by atoms with Crippen LogP contribution < -0.4 is 0 Å². The van der Waals surface area contributed by atoms with Gasteiger partial charge in [0, 0.05) is 37.4 Å². The van der Waals surface area contributed by atoms with Crippen LogP contribution in [0.2, 0.25) is 0 Å². The second-order valence-electron chi connectivity index (χ2n) is 12.6. The van der Waals surface area contributed by atoms with Crippen LogP contribution in [0.25, 0.3) is 0 Å². The molecular formula is C29H54N2O8. The number of ketones is 1. The van der Waals surface area contributed by atoms with Gasteiger partial charge in [0.25, 0.3) is 0 Å². The first-order valence-corrected chi connectivity index (χ1v) is 14.5. The van der Waals surface area contributed by atoms with Gasteiger partial charge in [0.05, 0.1) is 18.1 Å². The Balaban J connectivity index is 2.42. The number of rotatable bonds is 4. The number of likely N-dealkylation sites (N-methyl/N-ethyl adjacent to an activating group) is 1. The molecule has 0 radical (unpaired) electrons. The smallest absolute Gasteiger partial charge is 0.311 e. The van der Waals surface area contributed by atoms with E-state index in [1.807, 2.05) is 39.9 Å². The molecule has 2 fully saturated rings. The fourth-order valence-electron chi connectivity index (χ4n) is 5.98. The molecule has 2 heterocycles. The van der Waals surface area contributed by atoms with Crippen molar-refractivity contribution in [3.63, 3.8) is 0 Å². The van der Waals surface area contributed by atoms with Crippen molar-refractivity contribution in [1.82, 2.24) is 9.80 Å². The summed E-state index contributed by atoms with van der Waals surface area (Å²) in [6.07, 6.45) is -3.23. The van der Waals surface area contributed by atoms with Gasteiger partial charge in [0.1, 0.15) is 23.9 Å². The Bertz CT molecular complexity index is 808. The molecule has 0 aromatic rings. The highest BCUT2D eigenvalue weighted by Crippen LogP contribution is 2.31. The van der Waals surface area contributed by atoms with E-state index in [0.717, 1.165) is 6.42 Å². The summed E-state index contributed by atoms with van der Waals surface area (Å²) in [4.78, 5) is 30.9. The average Bonchev–Trinajstić information content (AvgIpc) is 2.86. The molecule has 0 aromatic heterocycles. The van der Waals surface area contributed by atoms with Gasteiger partial charge in [-0.15, -0.1) is 0 Å². The fourth-order valence-corrected chi connectivity index (χ4v) is 5.98. The molecule has 10 nitrogen and oxygen atoms in total. The zero-order chi connectivity index (χ0) is 29.8. The lowest BCUT2D eigenvalue weighted by atomic mass is 9.85. The van der Waals surface area contributed by atoms with Crippen LogP contribution in [0, 0.1) is 17.8 Å². The number of carbonyl (C=O) groups is 2. The van der Waals surface area contributed by atoms with E-state index in [-0.39, 0.29) is 36.7 Å². The van der Waals surface area contributed by atoms with Crippen molar-refractivity contribution < 1.29 is 39.1 Å². The molecule has 0 aliphatic carbocycles. The van der Waals surface area contributed by atoms with Crippen molar-refractivity contribution >= 4 is 11.8 Å². The largest absolute Gasteiger partial charge is 0.459 e. The number of esters is 1. The Morgan fingerprint density at radius 1 is 1.10 bits per heavy atom. The van der Waals surface area contributed by atoms with Gasteiger partial charge in [-0.05, 0) is 67.6 Å². The van der Waals surface area contributed by atoms with Crippen LogP contribution in [0.5, 0.6) is 0 Å². The Morgan fingerprint density at radius 2 is 1.72 bits per heavy atom. The second kappa shape index (κ2) is 14.2. The van der Waals surface area contributed by atoms with Gasteiger partial charge in [-0.25, -0.2) is 0 Å². The van der Waals surface area contributed by atoms with Gasteiger partial charge in [0.15, 0.2) is 12.1 Å². The second-order valence-corrected chi connectivity index (χ2v) is 12.6. The maximum absolute atomic E-state index is 13.7. The van der Waals surface area contributed by atoms with Crippen molar-refractivity contribution in [2.75, 3.05) is 27.7 Å². The van der Waals surface area contributed by atoms with Gasteiger partial charge >= 0.3 is 5.97 Å². The first-order valence-electron chi connectivity index (χ1n) is 14.5. The fraction of sp³-hybridized carbons (Fsp3) is 0.931. The van der Waals surface area contributed by atoms with E-state index >= 15 is 0 Å². The summed E-state index contributed by atoms with van der Waals surface area (Å²) < 4.78 is 18.1. The van der Waals surface area contributed by atoms with Crippen LogP contribution in [0.15, 0.2) is 0 Å². The molecule has 0 bridgehead atoms. The van der Waals surface area contributed by atoms with E-state index in [4.69, 9.17) is 14.2 Å². The molecule has 3 N–H and O–H groups in total.